The van der Waals surface area contributed by atoms with Crippen molar-refractivity contribution in [1.29, 1.82) is 0 Å². The van der Waals surface area contributed by atoms with Gasteiger partial charge in [-0.25, -0.2) is 4.39 Å². The first kappa shape index (κ1) is 28.1. The van der Waals surface area contributed by atoms with E-state index in [1.165, 1.54) is 25.3 Å². The van der Waals surface area contributed by atoms with Gasteiger partial charge in [0.05, 0.1) is 13.0 Å². The molecule has 4 aromatic rings. The van der Waals surface area contributed by atoms with E-state index in [4.69, 9.17) is 24.4 Å². The summed E-state index contributed by atoms with van der Waals surface area (Å²) in [6.07, 6.45) is -4.63. The van der Waals surface area contributed by atoms with Gasteiger partial charge in [-0.3, -0.25) is 4.79 Å². The summed E-state index contributed by atoms with van der Waals surface area (Å²) in [4.78, 5) is 12.4. The minimum atomic E-state index is -4.64. The Bertz CT molecular complexity index is 1460. The Morgan fingerprint density at radius 1 is 1.08 bits per heavy atom. The van der Waals surface area contributed by atoms with Gasteiger partial charge < -0.3 is 24.4 Å². The number of furan rings is 1. The molecule has 0 spiro atoms. The Morgan fingerprint density at radius 2 is 1.87 bits per heavy atom. The van der Waals surface area contributed by atoms with Gasteiger partial charge in [0.25, 0.3) is 0 Å². The predicted molar refractivity (Wildman–Crippen MR) is 136 cm³/mol. The molecule has 2 N–H and O–H groups in total. The number of fused-ring (bicyclic) bond motifs is 1. The third-order valence-corrected chi connectivity index (χ3v) is 6.00. The molecule has 0 fully saturated rings. The number of halogens is 4. The zero-order valence-electron chi connectivity index (χ0n) is 21.3. The van der Waals surface area contributed by atoms with Gasteiger partial charge in [0.1, 0.15) is 41.7 Å². The van der Waals surface area contributed by atoms with Crippen LogP contribution in [0.3, 0.4) is 0 Å². The van der Waals surface area contributed by atoms with E-state index in [2.05, 4.69) is 0 Å². The maximum absolute atomic E-state index is 14.1. The summed E-state index contributed by atoms with van der Waals surface area (Å²) in [7, 11) is 1.48. The van der Waals surface area contributed by atoms with Crippen molar-refractivity contribution >= 4 is 16.9 Å². The third-order valence-electron chi connectivity index (χ3n) is 6.00. The molecule has 0 radical (unpaired) electrons. The Morgan fingerprint density at radius 3 is 2.59 bits per heavy atom. The first-order valence-electron chi connectivity index (χ1n) is 12.1. The molecule has 0 saturated carbocycles. The van der Waals surface area contributed by atoms with Crippen LogP contribution < -0.4 is 10.5 Å². The van der Waals surface area contributed by atoms with Crippen LogP contribution in [0, 0.1) is 5.82 Å². The van der Waals surface area contributed by atoms with Crippen molar-refractivity contribution in [1.82, 2.24) is 0 Å². The second-order valence-corrected chi connectivity index (χ2v) is 9.05. The van der Waals surface area contributed by atoms with E-state index in [1.54, 1.807) is 31.2 Å². The van der Waals surface area contributed by atoms with Crippen LogP contribution in [-0.2, 0) is 40.0 Å². The Kier molecular flexibility index (Phi) is 8.57. The van der Waals surface area contributed by atoms with Crippen molar-refractivity contribution in [3.63, 3.8) is 0 Å². The van der Waals surface area contributed by atoms with E-state index in [1.807, 2.05) is 6.07 Å². The minimum absolute atomic E-state index is 0.0691. The highest BCUT2D eigenvalue weighted by Crippen LogP contribution is 2.40. The number of methoxy groups -OCH3 is 1. The van der Waals surface area contributed by atoms with Crippen LogP contribution in [0.25, 0.3) is 22.1 Å². The average Bonchev–Trinajstić information content (AvgIpc) is 3.33. The average molecular weight is 546 g/mol. The molecule has 4 rings (SSSR count). The molecule has 1 heterocycles. The summed E-state index contributed by atoms with van der Waals surface area (Å²) in [6.45, 7) is 1.94. The van der Waals surface area contributed by atoms with Gasteiger partial charge >= 0.3 is 12.1 Å². The van der Waals surface area contributed by atoms with Crippen LogP contribution in [0.1, 0.15) is 29.2 Å². The summed E-state index contributed by atoms with van der Waals surface area (Å²) >= 11 is 0. The minimum Gasteiger partial charge on any atom is -0.488 e. The van der Waals surface area contributed by atoms with Crippen LogP contribution in [-0.4, -0.2) is 25.8 Å². The molecule has 10 heteroatoms. The number of rotatable bonds is 10. The lowest BCUT2D eigenvalue weighted by molar-refractivity contribution is -0.149. The Labute approximate surface area is 222 Å². The molecule has 0 saturated heterocycles. The standard InChI is InChI=1S/C29H27F4NO5/c1-17(14-36-2)39-27(35)11-21-6-7-22(30)12-26(21)37-15-19-9-23(20-5-3-4-18(8-20)13-34)28-24(10-19)25(16-38-28)29(31,32)33/h3-10,12,16-17H,11,13-15,34H2,1-2H3. The largest absolute Gasteiger partial charge is 0.488 e. The van der Waals surface area contributed by atoms with Gasteiger partial charge in [0.15, 0.2) is 0 Å². The second kappa shape index (κ2) is 11.9. The van der Waals surface area contributed by atoms with E-state index >= 15 is 0 Å². The maximum atomic E-state index is 14.1. The number of hydrogen-bond acceptors (Lipinski definition) is 6. The number of carbonyl (C=O) groups is 1. The van der Waals surface area contributed by atoms with E-state index < -0.39 is 29.6 Å². The molecule has 206 valence electrons. The lowest BCUT2D eigenvalue weighted by atomic mass is 9.97. The van der Waals surface area contributed by atoms with Crippen molar-refractivity contribution < 1.29 is 41.0 Å². The fourth-order valence-corrected chi connectivity index (χ4v) is 4.24. The molecule has 0 aliphatic rings. The lowest BCUT2D eigenvalue weighted by Crippen LogP contribution is -2.21. The lowest BCUT2D eigenvalue weighted by Gasteiger charge is -2.15. The number of benzene rings is 3. The molecule has 1 atom stereocenters. The zero-order chi connectivity index (χ0) is 28.2. The van der Waals surface area contributed by atoms with Crippen LogP contribution >= 0.6 is 0 Å². The van der Waals surface area contributed by atoms with Gasteiger partial charge in [0, 0.05) is 36.2 Å². The molecule has 39 heavy (non-hydrogen) atoms. The van der Waals surface area contributed by atoms with Crippen molar-refractivity contribution in [3.05, 3.63) is 88.9 Å². The van der Waals surface area contributed by atoms with Crippen molar-refractivity contribution in [2.45, 2.75) is 38.8 Å². The number of nitrogens with two attached hydrogens (primary N) is 1. The monoisotopic (exact) mass is 545 g/mol. The topological polar surface area (TPSA) is 83.9 Å². The Balaban J connectivity index is 1.68. The molecule has 0 bridgehead atoms. The van der Waals surface area contributed by atoms with Crippen molar-refractivity contribution in [2.75, 3.05) is 13.7 Å². The molecule has 3 aromatic carbocycles. The first-order valence-corrected chi connectivity index (χ1v) is 12.1. The van der Waals surface area contributed by atoms with Crippen LogP contribution in [0.5, 0.6) is 5.75 Å². The fourth-order valence-electron chi connectivity index (χ4n) is 4.24. The summed E-state index contributed by atoms with van der Waals surface area (Å²) in [5.74, 6) is -1.09. The number of carbonyl (C=O) groups excluding carboxylic acids is 1. The summed E-state index contributed by atoms with van der Waals surface area (Å²) in [6, 6.07) is 13.8. The number of ether oxygens (including phenoxy) is 3. The number of hydrogen-bond donors (Lipinski definition) is 1. The normalized spacial score (nSPS) is 12.5. The molecule has 0 aliphatic heterocycles. The van der Waals surface area contributed by atoms with Gasteiger partial charge in [-0.05, 0) is 47.9 Å². The molecule has 0 aliphatic carbocycles. The number of alkyl halides is 3. The van der Waals surface area contributed by atoms with E-state index in [0.29, 0.717) is 28.5 Å². The van der Waals surface area contributed by atoms with Crippen LogP contribution in [0.15, 0.2) is 65.3 Å². The van der Waals surface area contributed by atoms with E-state index in [9.17, 15) is 22.4 Å². The third kappa shape index (κ3) is 6.76. The van der Waals surface area contributed by atoms with Gasteiger partial charge in [0.2, 0.25) is 0 Å². The summed E-state index contributed by atoms with van der Waals surface area (Å²) < 4.78 is 76.7. The first-order chi connectivity index (χ1) is 18.6. The predicted octanol–water partition coefficient (Wildman–Crippen LogP) is 6.42. The van der Waals surface area contributed by atoms with Gasteiger partial charge in [-0.1, -0.05) is 24.3 Å². The second-order valence-electron chi connectivity index (χ2n) is 9.05. The fraction of sp³-hybridized carbons (Fsp3) is 0.276. The zero-order valence-corrected chi connectivity index (χ0v) is 21.3. The summed E-state index contributed by atoms with van der Waals surface area (Å²) in [5, 5.41) is -0.132. The van der Waals surface area contributed by atoms with Crippen molar-refractivity contribution in [3.8, 4) is 16.9 Å². The van der Waals surface area contributed by atoms with Gasteiger partial charge in [-0.15, -0.1) is 0 Å². The number of esters is 1. The molecular weight excluding hydrogens is 518 g/mol. The van der Waals surface area contributed by atoms with Gasteiger partial charge in [-0.2, -0.15) is 13.2 Å². The van der Waals surface area contributed by atoms with E-state index in [0.717, 1.165) is 11.6 Å². The highest BCUT2D eigenvalue weighted by Gasteiger charge is 2.35. The van der Waals surface area contributed by atoms with Crippen LogP contribution in [0.4, 0.5) is 17.6 Å². The van der Waals surface area contributed by atoms with Crippen molar-refractivity contribution in [2.24, 2.45) is 5.73 Å². The highest BCUT2D eigenvalue weighted by atomic mass is 19.4. The SMILES string of the molecule is COCC(C)OC(=O)Cc1ccc(F)cc1OCc1cc(-c2cccc(CN)c2)c2occ(C(F)(F)F)c2c1. The summed E-state index contributed by atoms with van der Waals surface area (Å²) in [5.41, 5.74) is 7.48. The highest BCUT2D eigenvalue weighted by molar-refractivity contribution is 5.95. The maximum Gasteiger partial charge on any atom is 0.420 e. The molecular formula is C29H27F4NO5. The molecule has 6 nitrogen and oxygen atoms in total. The molecule has 0 amide bonds. The molecule has 1 aromatic heterocycles. The quantitative estimate of drug-likeness (QED) is 0.183. The Hall–Kier alpha value is -3.89. The molecule has 1 unspecified atom stereocenters. The van der Waals surface area contributed by atoms with E-state index in [-0.39, 0.29) is 42.9 Å². The van der Waals surface area contributed by atoms with Crippen LogP contribution in [0.2, 0.25) is 0 Å². The smallest absolute Gasteiger partial charge is 0.420 e.